The second kappa shape index (κ2) is 7.11. The van der Waals surface area contributed by atoms with Crippen LogP contribution in [0.25, 0.3) is 10.9 Å². The van der Waals surface area contributed by atoms with Crippen LogP contribution in [0.1, 0.15) is 20.3 Å². The summed E-state index contributed by atoms with van der Waals surface area (Å²) in [5.74, 6) is 4.67. The van der Waals surface area contributed by atoms with Crippen LogP contribution in [-0.4, -0.2) is 27.2 Å². The molecular formula is C15H18N4S. The topological polar surface area (TPSA) is 50.7 Å². The Hall–Kier alpha value is -1.80. The fourth-order valence-electron chi connectivity index (χ4n) is 1.74. The molecule has 0 bridgehead atoms. The summed E-state index contributed by atoms with van der Waals surface area (Å²) in [6, 6.07) is 1.93. The molecule has 2 aromatic rings. The first-order valence-electron chi connectivity index (χ1n) is 6.62. The first-order valence-corrected chi connectivity index (χ1v) is 7.61. The molecule has 0 aliphatic heterocycles. The van der Waals surface area contributed by atoms with E-state index in [0.29, 0.717) is 16.8 Å². The van der Waals surface area contributed by atoms with Crippen LogP contribution < -0.4 is 5.32 Å². The number of pyridine rings is 1. The summed E-state index contributed by atoms with van der Waals surface area (Å²) in [4.78, 5) is 13.1. The molecule has 4 nitrogen and oxygen atoms in total. The normalized spacial score (nSPS) is 10.7. The number of nitrogens with zero attached hydrogens (tertiary/aromatic N) is 3. The van der Waals surface area contributed by atoms with Crippen LogP contribution >= 0.6 is 11.8 Å². The van der Waals surface area contributed by atoms with Gasteiger partial charge in [0.05, 0.1) is 17.5 Å². The smallest absolute Gasteiger partial charge is 0.191 e. The van der Waals surface area contributed by atoms with Crippen LogP contribution in [0.5, 0.6) is 0 Å². The zero-order chi connectivity index (χ0) is 14.4. The summed E-state index contributed by atoms with van der Waals surface area (Å²) in [6.45, 7) is 5.31. The third-order valence-corrected chi connectivity index (χ3v) is 3.53. The highest BCUT2D eigenvalue weighted by Crippen LogP contribution is 2.23. The monoisotopic (exact) mass is 286 g/mol. The number of rotatable bonds is 6. The summed E-state index contributed by atoms with van der Waals surface area (Å²) in [7, 11) is 0. The quantitative estimate of drug-likeness (QED) is 0.502. The number of fused-ring (bicyclic) bond motifs is 1. The molecule has 2 rings (SSSR count). The van der Waals surface area contributed by atoms with Gasteiger partial charge in [-0.2, -0.15) is 0 Å². The predicted molar refractivity (Wildman–Crippen MR) is 84.8 cm³/mol. The van der Waals surface area contributed by atoms with Crippen molar-refractivity contribution in [3.63, 3.8) is 0 Å². The molecule has 104 valence electrons. The zero-order valence-corrected chi connectivity index (χ0v) is 12.6. The number of hydrogen-bond acceptors (Lipinski definition) is 5. The van der Waals surface area contributed by atoms with E-state index in [-0.39, 0.29) is 0 Å². The van der Waals surface area contributed by atoms with Gasteiger partial charge in [-0.3, -0.25) is 4.98 Å². The molecule has 0 atom stereocenters. The molecule has 0 radical (unpaired) electrons. The lowest BCUT2D eigenvalue weighted by Crippen LogP contribution is -2.08. The first kappa shape index (κ1) is 14.6. The molecule has 0 aromatic carbocycles. The Balaban J connectivity index is 2.27. The largest absolute Gasteiger partial charge is 0.369 e. The molecule has 0 saturated carbocycles. The van der Waals surface area contributed by atoms with Crippen molar-refractivity contribution in [3.05, 3.63) is 18.5 Å². The molecule has 0 aliphatic rings. The van der Waals surface area contributed by atoms with Crippen LogP contribution in [0.15, 0.2) is 23.6 Å². The maximum absolute atomic E-state index is 5.29. The molecule has 0 fully saturated rings. The first-order chi connectivity index (χ1) is 9.70. The number of aromatic nitrogens is 3. The summed E-state index contributed by atoms with van der Waals surface area (Å²) in [6.07, 6.45) is 9.90. The van der Waals surface area contributed by atoms with Gasteiger partial charge in [-0.05, 0) is 18.4 Å². The lowest BCUT2D eigenvalue weighted by molar-refractivity contribution is 0.606. The minimum atomic E-state index is 0.567. The molecule has 20 heavy (non-hydrogen) atoms. The Labute approximate surface area is 123 Å². The SMILES string of the molecule is C#CCSc1nc(NCCC(C)C)c2ccncc2n1. The van der Waals surface area contributed by atoms with Crippen molar-refractivity contribution in [2.45, 2.75) is 25.4 Å². The molecule has 1 N–H and O–H groups in total. The number of nitrogens with one attached hydrogen (secondary N) is 1. The van der Waals surface area contributed by atoms with Crippen molar-refractivity contribution < 1.29 is 0 Å². The van der Waals surface area contributed by atoms with E-state index in [4.69, 9.17) is 6.42 Å². The highest BCUT2D eigenvalue weighted by molar-refractivity contribution is 7.99. The van der Waals surface area contributed by atoms with Gasteiger partial charge in [0.15, 0.2) is 5.16 Å². The van der Waals surface area contributed by atoms with Gasteiger partial charge in [-0.25, -0.2) is 9.97 Å². The summed E-state index contributed by atoms with van der Waals surface area (Å²) < 4.78 is 0. The zero-order valence-electron chi connectivity index (χ0n) is 11.8. The standard InChI is InChI=1S/C15H18N4S/c1-4-9-20-15-18-13-10-16-7-6-12(13)14(19-15)17-8-5-11(2)3/h1,6-7,10-11H,5,8-9H2,2-3H3,(H,17,18,19). The minimum Gasteiger partial charge on any atom is -0.369 e. The van der Waals surface area contributed by atoms with Crippen molar-refractivity contribution in [3.8, 4) is 12.3 Å². The average Bonchev–Trinajstić information content (AvgIpc) is 2.44. The van der Waals surface area contributed by atoms with E-state index in [1.807, 2.05) is 6.07 Å². The lowest BCUT2D eigenvalue weighted by Gasteiger charge is -2.11. The average molecular weight is 286 g/mol. The van der Waals surface area contributed by atoms with E-state index in [1.165, 1.54) is 11.8 Å². The van der Waals surface area contributed by atoms with Gasteiger partial charge < -0.3 is 5.32 Å². The van der Waals surface area contributed by atoms with Crippen LogP contribution in [-0.2, 0) is 0 Å². The van der Waals surface area contributed by atoms with Crippen molar-refractivity contribution >= 4 is 28.5 Å². The highest BCUT2D eigenvalue weighted by Gasteiger charge is 2.08. The van der Waals surface area contributed by atoms with Gasteiger partial charge in [0.2, 0.25) is 0 Å². The Morgan fingerprint density at radius 1 is 1.40 bits per heavy atom. The maximum atomic E-state index is 5.29. The third-order valence-electron chi connectivity index (χ3n) is 2.78. The molecule has 0 aliphatic carbocycles. The Morgan fingerprint density at radius 2 is 2.25 bits per heavy atom. The van der Waals surface area contributed by atoms with Crippen LogP contribution in [0, 0.1) is 18.3 Å². The maximum Gasteiger partial charge on any atom is 0.191 e. The Morgan fingerprint density at radius 3 is 3.00 bits per heavy atom. The van der Waals surface area contributed by atoms with Crippen LogP contribution in [0.2, 0.25) is 0 Å². The molecule has 0 unspecified atom stereocenters. The van der Waals surface area contributed by atoms with Gasteiger partial charge >= 0.3 is 0 Å². The van der Waals surface area contributed by atoms with Crippen molar-refractivity contribution in [1.82, 2.24) is 15.0 Å². The van der Waals surface area contributed by atoms with Gasteiger partial charge in [-0.1, -0.05) is 31.5 Å². The Kier molecular flexibility index (Phi) is 5.19. The number of anilines is 1. The highest BCUT2D eigenvalue weighted by atomic mass is 32.2. The van der Waals surface area contributed by atoms with Crippen LogP contribution in [0.4, 0.5) is 5.82 Å². The molecule has 0 spiro atoms. The second-order valence-corrected chi connectivity index (χ2v) is 5.79. The molecule has 0 amide bonds. The molecule has 0 saturated heterocycles. The van der Waals surface area contributed by atoms with Gasteiger partial charge in [0.25, 0.3) is 0 Å². The van der Waals surface area contributed by atoms with E-state index in [0.717, 1.165) is 29.7 Å². The van der Waals surface area contributed by atoms with E-state index >= 15 is 0 Å². The molecular weight excluding hydrogens is 268 g/mol. The van der Waals surface area contributed by atoms with Crippen molar-refractivity contribution in [2.75, 3.05) is 17.6 Å². The molecule has 2 aromatic heterocycles. The predicted octanol–water partition coefficient (Wildman–Crippen LogP) is 3.21. The molecule has 5 heteroatoms. The van der Waals surface area contributed by atoms with Crippen LogP contribution in [0.3, 0.4) is 0 Å². The van der Waals surface area contributed by atoms with Gasteiger partial charge in [-0.15, -0.1) is 6.42 Å². The second-order valence-electron chi connectivity index (χ2n) is 4.85. The lowest BCUT2D eigenvalue weighted by atomic mass is 10.1. The van der Waals surface area contributed by atoms with Gasteiger partial charge in [0.1, 0.15) is 5.82 Å². The summed E-state index contributed by atoms with van der Waals surface area (Å²) in [5, 5.41) is 5.08. The third kappa shape index (κ3) is 3.84. The fourth-order valence-corrected chi connectivity index (χ4v) is 2.28. The number of hydrogen-bond donors (Lipinski definition) is 1. The number of thioether (sulfide) groups is 1. The van der Waals surface area contributed by atoms with E-state index in [9.17, 15) is 0 Å². The van der Waals surface area contributed by atoms with Gasteiger partial charge in [0, 0.05) is 18.1 Å². The number of terminal acetylenes is 1. The fraction of sp³-hybridized carbons (Fsp3) is 0.400. The van der Waals surface area contributed by atoms with Crippen molar-refractivity contribution in [1.29, 1.82) is 0 Å². The summed E-state index contributed by atoms with van der Waals surface area (Å²) >= 11 is 1.46. The van der Waals surface area contributed by atoms with E-state index in [2.05, 4.69) is 40.0 Å². The summed E-state index contributed by atoms with van der Waals surface area (Å²) in [5.41, 5.74) is 0.842. The molecule has 2 heterocycles. The van der Waals surface area contributed by atoms with Crippen molar-refractivity contribution in [2.24, 2.45) is 5.92 Å². The van der Waals surface area contributed by atoms with E-state index in [1.54, 1.807) is 12.4 Å². The van der Waals surface area contributed by atoms with E-state index < -0.39 is 0 Å². The Bertz CT molecular complexity index is 619. The minimum absolute atomic E-state index is 0.567.